The number of amides is 2. The van der Waals surface area contributed by atoms with Gasteiger partial charge < -0.3 is 0 Å². The monoisotopic (exact) mass is 309 g/mol. The average molecular weight is 310 g/mol. The van der Waals surface area contributed by atoms with E-state index in [9.17, 15) is 9.59 Å². The molecule has 1 aliphatic rings. The number of benzene rings is 1. The van der Waals surface area contributed by atoms with Crippen molar-refractivity contribution < 1.29 is 9.59 Å². The van der Waals surface area contributed by atoms with Gasteiger partial charge in [-0.3, -0.25) is 9.59 Å². The second-order valence-electron chi connectivity index (χ2n) is 4.65. The summed E-state index contributed by atoms with van der Waals surface area (Å²) in [6, 6.07) is 7.33. The fraction of sp³-hybridized carbons (Fsp3) is 0.429. The lowest BCUT2D eigenvalue weighted by molar-refractivity contribution is -0.126. The molecule has 4 heteroatoms. The lowest BCUT2D eigenvalue weighted by Gasteiger charge is -2.24. The van der Waals surface area contributed by atoms with Gasteiger partial charge in [-0.15, -0.1) is 0 Å². The van der Waals surface area contributed by atoms with Crippen molar-refractivity contribution in [2.45, 2.75) is 33.1 Å². The van der Waals surface area contributed by atoms with Gasteiger partial charge in [-0.25, -0.2) is 4.90 Å². The molecule has 0 spiro atoms. The van der Waals surface area contributed by atoms with Crippen molar-refractivity contribution in [3.63, 3.8) is 0 Å². The van der Waals surface area contributed by atoms with E-state index in [1.165, 1.54) is 4.90 Å². The van der Waals surface area contributed by atoms with Crippen LogP contribution in [-0.2, 0) is 9.59 Å². The number of imide groups is 1. The van der Waals surface area contributed by atoms with Gasteiger partial charge in [0.2, 0.25) is 11.8 Å². The second kappa shape index (κ2) is 4.84. The smallest absolute Gasteiger partial charge is 0.240 e. The molecule has 1 aromatic rings. The third-order valence-electron chi connectivity index (χ3n) is 3.84. The third-order valence-corrected chi connectivity index (χ3v) is 4.51. The van der Waals surface area contributed by atoms with Gasteiger partial charge in [0.1, 0.15) is 0 Å². The normalized spacial score (nSPS) is 18.5. The lowest BCUT2D eigenvalue weighted by Crippen LogP contribution is -2.35. The number of carbonyl (C=O) groups is 2. The number of carbonyl (C=O) groups excluding carboxylic acids is 2. The number of nitrogens with zero attached hydrogens (tertiary/aromatic N) is 1. The standard InChI is InChI=1S/C14H16BrNO2/c1-3-14(4-2)9-12(17)16(13(14)18)11-8-6-5-7-10(11)15/h5-8H,3-4,9H2,1-2H3. The molecule has 18 heavy (non-hydrogen) atoms. The van der Waals surface area contributed by atoms with Crippen LogP contribution in [0.3, 0.4) is 0 Å². The molecule has 1 aromatic carbocycles. The van der Waals surface area contributed by atoms with Gasteiger partial charge in [0.05, 0.1) is 11.1 Å². The molecule has 0 atom stereocenters. The van der Waals surface area contributed by atoms with Crippen molar-refractivity contribution in [3.05, 3.63) is 28.7 Å². The SMILES string of the molecule is CCC1(CC)CC(=O)N(c2ccccc2Br)C1=O. The Labute approximate surface area is 115 Å². The van der Waals surface area contributed by atoms with E-state index in [1.54, 1.807) is 6.07 Å². The molecule has 1 aliphatic heterocycles. The second-order valence-corrected chi connectivity index (χ2v) is 5.50. The molecule has 0 aliphatic carbocycles. The summed E-state index contributed by atoms with van der Waals surface area (Å²) in [7, 11) is 0. The van der Waals surface area contributed by atoms with Crippen molar-refractivity contribution >= 4 is 33.4 Å². The Morgan fingerprint density at radius 1 is 1.22 bits per heavy atom. The van der Waals surface area contributed by atoms with E-state index in [0.29, 0.717) is 24.9 Å². The highest BCUT2D eigenvalue weighted by Gasteiger charge is 2.49. The molecule has 0 radical (unpaired) electrons. The average Bonchev–Trinajstić information content (AvgIpc) is 2.62. The fourth-order valence-corrected chi connectivity index (χ4v) is 2.94. The zero-order valence-corrected chi connectivity index (χ0v) is 12.2. The molecule has 96 valence electrons. The Balaban J connectivity index is 2.45. The topological polar surface area (TPSA) is 37.4 Å². The van der Waals surface area contributed by atoms with Crippen LogP contribution in [0.15, 0.2) is 28.7 Å². The molecule has 2 rings (SSSR count). The van der Waals surface area contributed by atoms with Crippen LogP contribution in [0.5, 0.6) is 0 Å². The Bertz CT molecular complexity index is 494. The van der Waals surface area contributed by atoms with Crippen LogP contribution in [0.1, 0.15) is 33.1 Å². The maximum Gasteiger partial charge on any atom is 0.240 e. The summed E-state index contributed by atoms with van der Waals surface area (Å²) in [5.41, 5.74) is 0.142. The predicted octanol–water partition coefficient (Wildman–Crippen LogP) is 3.52. The summed E-state index contributed by atoms with van der Waals surface area (Å²) in [6.45, 7) is 3.94. The van der Waals surface area contributed by atoms with Gasteiger partial charge in [-0.05, 0) is 40.9 Å². The zero-order valence-electron chi connectivity index (χ0n) is 10.6. The van der Waals surface area contributed by atoms with Gasteiger partial charge in [0.15, 0.2) is 0 Å². The minimum Gasteiger partial charge on any atom is -0.274 e. The van der Waals surface area contributed by atoms with Crippen LogP contribution in [-0.4, -0.2) is 11.8 Å². The number of halogens is 1. The molecule has 0 saturated carbocycles. The summed E-state index contributed by atoms with van der Waals surface area (Å²) in [4.78, 5) is 26.0. The van der Waals surface area contributed by atoms with Gasteiger partial charge in [-0.2, -0.15) is 0 Å². The number of hydrogen-bond acceptors (Lipinski definition) is 2. The van der Waals surface area contributed by atoms with Gasteiger partial charge in [-0.1, -0.05) is 26.0 Å². The zero-order chi connectivity index (χ0) is 13.3. The van der Waals surface area contributed by atoms with Crippen molar-refractivity contribution in [3.8, 4) is 0 Å². The van der Waals surface area contributed by atoms with E-state index >= 15 is 0 Å². The molecule has 1 saturated heterocycles. The Morgan fingerprint density at radius 3 is 2.33 bits per heavy atom. The fourth-order valence-electron chi connectivity index (χ4n) is 2.47. The molecule has 0 aromatic heterocycles. The van der Waals surface area contributed by atoms with E-state index in [4.69, 9.17) is 0 Å². The lowest BCUT2D eigenvalue weighted by atomic mass is 9.81. The molecular weight excluding hydrogens is 294 g/mol. The maximum atomic E-state index is 12.5. The number of para-hydroxylation sites is 1. The van der Waals surface area contributed by atoms with Crippen molar-refractivity contribution in [1.29, 1.82) is 0 Å². The van der Waals surface area contributed by atoms with Gasteiger partial charge in [0, 0.05) is 10.9 Å². The molecule has 2 amide bonds. The highest BCUT2D eigenvalue weighted by molar-refractivity contribution is 9.10. The van der Waals surface area contributed by atoms with Crippen molar-refractivity contribution in [1.82, 2.24) is 0 Å². The van der Waals surface area contributed by atoms with E-state index in [2.05, 4.69) is 15.9 Å². The third kappa shape index (κ3) is 1.88. The van der Waals surface area contributed by atoms with Crippen LogP contribution in [0.25, 0.3) is 0 Å². The molecule has 3 nitrogen and oxygen atoms in total. The molecule has 1 heterocycles. The maximum absolute atomic E-state index is 12.5. The molecule has 0 N–H and O–H groups in total. The van der Waals surface area contributed by atoms with Crippen LogP contribution < -0.4 is 4.90 Å². The van der Waals surface area contributed by atoms with E-state index in [0.717, 1.165) is 4.47 Å². The highest BCUT2D eigenvalue weighted by atomic mass is 79.9. The minimum atomic E-state index is -0.508. The minimum absolute atomic E-state index is 0.0654. The Kier molecular flexibility index (Phi) is 3.57. The number of hydrogen-bond donors (Lipinski definition) is 0. The first-order chi connectivity index (χ1) is 8.55. The summed E-state index contributed by atoms with van der Waals surface area (Å²) in [5.74, 6) is -0.167. The Morgan fingerprint density at radius 2 is 1.83 bits per heavy atom. The molecule has 0 bridgehead atoms. The van der Waals surface area contributed by atoms with Gasteiger partial charge >= 0.3 is 0 Å². The van der Waals surface area contributed by atoms with Crippen molar-refractivity contribution in [2.75, 3.05) is 4.90 Å². The largest absolute Gasteiger partial charge is 0.274 e. The first-order valence-corrected chi connectivity index (χ1v) is 6.97. The Hall–Kier alpha value is -1.16. The van der Waals surface area contributed by atoms with E-state index < -0.39 is 5.41 Å². The molecule has 0 unspecified atom stereocenters. The quantitative estimate of drug-likeness (QED) is 0.801. The van der Waals surface area contributed by atoms with Crippen LogP contribution in [0, 0.1) is 5.41 Å². The summed E-state index contributed by atoms with van der Waals surface area (Å²) < 4.78 is 0.773. The van der Waals surface area contributed by atoms with E-state index in [1.807, 2.05) is 32.0 Å². The predicted molar refractivity (Wildman–Crippen MR) is 74.3 cm³/mol. The first kappa shape index (κ1) is 13.3. The summed E-state index contributed by atoms with van der Waals surface area (Å²) in [5, 5.41) is 0. The first-order valence-electron chi connectivity index (χ1n) is 6.17. The van der Waals surface area contributed by atoms with Crippen LogP contribution in [0.4, 0.5) is 5.69 Å². The van der Waals surface area contributed by atoms with Crippen LogP contribution >= 0.6 is 15.9 Å². The van der Waals surface area contributed by atoms with Crippen LogP contribution in [0.2, 0.25) is 0 Å². The van der Waals surface area contributed by atoms with E-state index in [-0.39, 0.29) is 11.8 Å². The number of anilines is 1. The summed E-state index contributed by atoms with van der Waals surface area (Å²) >= 11 is 3.40. The van der Waals surface area contributed by atoms with Gasteiger partial charge in [0.25, 0.3) is 0 Å². The summed E-state index contributed by atoms with van der Waals surface area (Å²) in [6.07, 6.45) is 1.73. The van der Waals surface area contributed by atoms with Crippen molar-refractivity contribution in [2.24, 2.45) is 5.41 Å². The molecular formula is C14H16BrNO2. The molecule has 1 fully saturated rings. The highest BCUT2D eigenvalue weighted by Crippen LogP contribution is 2.42. The number of rotatable bonds is 3.